The van der Waals surface area contributed by atoms with Crippen LogP contribution in [0.1, 0.15) is 39.2 Å². The van der Waals surface area contributed by atoms with E-state index in [1.54, 1.807) is 13.8 Å². The van der Waals surface area contributed by atoms with Gasteiger partial charge < -0.3 is 20.1 Å². The lowest BCUT2D eigenvalue weighted by molar-refractivity contribution is -0.148. The summed E-state index contributed by atoms with van der Waals surface area (Å²) in [5.74, 6) is -2.21. The van der Waals surface area contributed by atoms with Gasteiger partial charge in [-0.1, -0.05) is 44.2 Å². The van der Waals surface area contributed by atoms with Crippen LogP contribution in [0.3, 0.4) is 0 Å². The molecule has 28 heavy (non-hydrogen) atoms. The van der Waals surface area contributed by atoms with Crippen molar-refractivity contribution in [1.82, 2.24) is 10.6 Å². The van der Waals surface area contributed by atoms with Crippen LogP contribution in [-0.2, 0) is 35.3 Å². The molecule has 2 amide bonds. The summed E-state index contributed by atoms with van der Waals surface area (Å²) >= 11 is 0. The Labute approximate surface area is 165 Å². The molecule has 2 N–H and O–H groups in total. The second-order valence-electron chi connectivity index (χ2n) is 6.69. The molecule has 1 rings (SSSR count). The molecule has 154 valence electrons. The second kappa shape index (κ2) is 11.7. The first-order valence-electron chi connectivity index (χ1n) is 9.09. The number of ether oxygens (including phenoxy) is 2. The van der Waals surface area contributed by atoms with Gasteiger partial charge >= 0.3 is 11.9 Å². The fourth-order valence-corrected chi connectivity index (χ4v) is 2.48. The maximum Gasteiger partial charge on any atom is 0.328 e. The molecule has 8 heteroatoms. The molecule has 0 radical (unpaired) electrons. The molecule has 0 aliphatic rings. The van der Waals surface area contributed by atoms with E-state index in [1.165, 1.54) is 14.0 Å². The van der Waals surface area contributed by atoms with Crippen LogP contribution in [0.4, 0.5) is 0 Å². The minimum Gasteiger partial charge on any atom is -0.467 e. The Hall–Kier alpha value is -2.90. The fraction of sp³-hybridized carbons (Fsp3) is 0.500. The number of hydrogen-bond acceptors (Lipinski definition) is 6. The van der Waals surface area contributed by atoms with Crippen LogP contribution in [-0.4, -0.2) is 42.9 Å². The highest BCUT2D eigenvalue weighted by molar-refractivity contribution is 5.90. The molecule has 0 heterocycles. The predicted molar refractivity (Wildman–Crippen MR) is 102 cm³/mol. The van der Waals surface area contributed by atoms with Gasteiger partial charge in [-0.2, -0.15) is 0 Å². The van der Waals surface area contributed by atoms with Gasteiger partial charge in [-0.05, 0) is 17.9 Å². The van der Waals surface area contributed by atoms with E-state index in [9.17, 15) is 19.2 Å². The van der Waals surface area contributed by atoms with Crippen LogP contribution >= 0.6 is 0 Å². The van der Waals surface area contributed by atoms with E-state index in [0.717, 1.165) is 5.56 Å². The van der Waals surface area contributed by atoms with Crippen molar-refractivity contribution in [1.29, 1.82) is 0 Å². The molecular weight excluding hydrogens is 364 g/mol. The van der Waals surface area contributed by atoms with Gasteiger partial charge in [0.05, 0.1) is 7.11 Å². The third-order valence-corrected chi connectivity index (χ3v) is 3.99. The number of benzene rings is 1. The molecular formula is C20H28N2O6. The highest BCUT2D eigenvalue weighted by Crippen LogP contribution is 2.08. The summed E-state index contributed by atoms with van der Waals surface area (Å²) in [7, 11) is 1.20. The average Bonchev–Trinajstić information content (AvgIpc) is 2.67. The number of nitrogens with one attached hydrogen (secondary N) is 2. The van der Waals surface area contributed by atoms with Gasteiger partial charge in [-0.3, -0.25) is 14.4 Å². The van der Waals surface area contributed by atoms with Crippen molar-refractivity contribution in [3.63, 3.8) is 0 Å². The molecule has 2 atom stereocenters. The first-order chi connectivity index (χ1) is 13.2. The van der Waals surface area contributed by atoms with E-state index >= 15 is 0 Å². The summed E-state index contributed by atoms with van der Waals surface area (Å²) in [4.78, 5) is 47.7. The zero-order valence-corrected chi connectivity index (χ0v) is 16.7. The summed E-state index contributed by atoms with van der Waals surface area (Å²) in [6, 6.07) is 7.39. The third-order valence-electron chi connectivity index (χ3n) is 3.99. The summed E-state index contributed by atoms with van der Waals surface area (Å²) in [6.45, 7) is 4.98. The van der Waals surface area contributed by atoms with Crippen LogP contribution < -0.4 is 10.6 Å². The van der Waals surface area contributed by atoms with Gasteiger partial charge in [0.25, 0.3) is 0 Å². The van der Waals surface area contributed by atoms with Gasteiger partial charge in [0, 0.05) is 13.3 Å². The highest BCUT2D eigenvalue weighted by Gasteiger charge is 2.29. The van der Waals surface area contributed by atoms with Crippen molar-refractivity contribution in [2.45, 2.75) is 52.3 Å². The normalized spacial score (nSPS) is 12.6. The van der Waals surface area contributed by atoms with Crippen LogP contribution in [0.2, 0.25) is 0 Å². The molecule has 8 nitrogen and oxygen atoms in total. The van der Waals surface area contributed by atoms with Crippen LogP contribution in [0.5, 0.6) is 0 Å². The summed E-state index contributed by atoms with van der Waals surface area (Å²) in [6.07, 6.45) is -0.0454. The van der Waals surface area contributed by atoms with Gasteiger partial charge in [-0.25, -0.2) is 4.79 Å². The van der Waals surface area contributed by atoms with E-state index in [-0.39, 0.29) is 31.3 Å². The lowest BCUT2D eigenvalue weighted by Crippen LogP contribution is -2.53. The van der Waals surface area contributed by atoms with Gasteiger partial charge in [0.15, 0.2) is 0 Å². The molecule has 0 saturated heterocycles. The molecule has 0 aliphatic carbocycles. The standard InChI is InChI=1S/C20H28N2O6/c1-13(2)18(21-14(3)23)19(25)22-16(20(26)27-4)10-11-17(24)28-12-15-8-6-5-7-9-15/h5-9,13,16,18H,10-12H2,1-4H3,(H,21,23)(H,22,25)/t16-,18+/m1/s1. The van der Waals surface area contributed by atoms with Crippen molar-refractivity contribution in [3.8, 4) is 0 Å². The number of esters is 2. The molecule has 0 fully saturated rings. The first kappa shape index (κ1) is 23.1. The Morgan fingerprint density at radius 2 is 1.68 bits per heavy atom. The molecule has 1 aromatic carbocycles. The molecule has 0 aliphatic heterocycles. The Bertz CT molecular complexity index is 675. The van der Waals surface area contributed by atoms with Gasteiger partial charge in [0.2, 0.25) is 11.8 Å². The maximum atomic E-state index is 12.5. The summed E-state index contributed by atoms with van der Waals surface area (Å²) in [5.41, 5.74) is 0.851. The minimum absolute atomic E-state index is 0.0247. The molecule has 0 unspecified atom stereocenters. The zero-order valence-electron chi connectivity index (χ0n) is 16.7. The Balaban J connectivity index is 2.62. The maximum absolute atomic E-state index is 12.5. The smallest absolute Gasteiger partial charge is 0.328 e. The molecule has 0 saturated carbocycles. The lowest BCUT2D eigenvalue weighted by atomic mass is 10.0. The van der Waals surface area contributed by atoms with Crippen LogP contribution in [0.25, 0.3) is 0 Å². The van der Waals surface area contributed by atoms with E-state index in [1.807, 2.05) is 30.3 Å². The van der Waals surface area contributed by atoms with E-state index in [0.29, 0.717) is 0 Å². The Morgan fingerprint density at radius 1 is 1.04 bits per heavy atom. The molecule has 0 spiro atoms. The van der Waals surface area contributed by atoms with Crippen molar-refractivity contribution in [2.24, 2.45) is 5.92 Å². The first-order valence-corrected chi connectivity index (χ1v) is 9.09. The van der Waals surface area contributed by atoms with E-state index in [2.05, 4.69) is 10.6 Å². The number of rotatable bonds is 10. The Morgan fingerprint density at radius 3 is 2.21 bits per heavy atom. The number of methoxy groups -OCH3 is 1. The summed E-state index contributed by atoms with van der Waals surface area (Å²) < 4.78 is 9.88. The third kappa shape index (κ3) is 8.20. The molecule has 0 aromatic heterocycles. The van der Waals surface area contributed by atoms with Crippen LogP contribution in [0, 0.1) is 5.92 Å². The highest BCUT2D eigenvalue weighted by atomic mass is 16.5. The van der Waals surface area contributed by atoms with Crippen molar-refractivity contribution in [3.05, 3.63) is 35.9 Å². The predicted octanol–water partition coefficient (Wildman–Crippen LogP) is 1.33. The van der Waals surface area contributed by atoms with Crippen molar-refractivity contribution in [2.75, 3.05) is 7.11 Å². The largest absolute Gasteiger partial charge is 0.467 e. The van der Waals surface area contributed by atoms with Crippen molar-refractivity contribution < 1.29 is 28.7 Å². The summed E-state index contributed by atoms with van der Waals surface area (Å²) in [5, 5.41) is 5.10. The SMILES string of the molecule is COC(=O)[C@@H](CCC(=O)OCc1ccccc1)NC(=O)[C@@H](NC(C)=O)C(C)C. The van der Waals surface area contributed by atoms with Crippen LogP contribution in [0.15, 0.2) is 30.3 Å². The molecule has 1 aromatic rings. The lowest BCUT2D eigenvalue weighted by Gasteiger charge is -2.24. The van der Waals surface area contributed by atoms with Gasteiger partial charge in [0.1, 0.15) is 18.7 Å². The molecule has 0 bridgehead atoms. The average molecular weight is 392 g/mol. The fourth-order valence-electron chi connectivity index (χ4n) is 2.48. The van der Waals surface area contributed by atoms with E-state index in [4.69, 9.17) is 9.47 Å². The topological polar surface area (TPSA) is 111 Å². The Kier molecular flexibility index (Phi) is 9.70. The second-order valence-corrected chi connectivity index (χ2v) is 6.69. The van der Waals surface area contributed by atoms with Crippen molar-refractivity contribution >= 4 is 23.8 Å². The number of hydrogen-bond donors (Lipinski definition) is 2. The van der Waals surface area contributed by atoms with Gasteiger partial charge in [-0.15, -0.1) is 0 Å². The quantitative estimate of drug-likeness (QED) is 0.581. The zero-order chi connectivity index (χ0) is 21.1. The number of carbonyl (C=O) groups is 4. The minimum atomic E-state index is -1.02. The monoisotopic (exact) mass is 392 g/mol. The number of carbonyl (C=O) groups excluding carboxylic acids is 4. The number of amides is 2. The van der Waals surface area contributed by atoms with E-state index < -0.39 is 29.9 Å².